The van der Waals surface area contributed by atoms with Gasteiger partial charge in [0.25, 0.3) is 0 Å². The predicted octanol–water partition coefficient (Wildman–Crippen LogP) is -1.78. The van der Waals surface area contributed by atoms with Gasteiger partial charge in [0, 0.05) is 6.42 Å². The first kappa shape index (κ1) is 16.4. The number of unbranched alkanes of at least 4 members (excludes halogenated alkanes) is 1. The first-order valence-corrected chi connectivity index (χ1v) is 5.78. The van der Waals surface area contributed by atoms with Crippen molar-refractivity contribution in [1.82, 2.24) is 4.57 Å². The predicted molar refractivity (Wildman–Crippen MR) is 60.9 cm³/mol. The summed E-state index contributed by atoms with van der Waals surface area (Å²) in [5.41, 5.74) is 1.17. The Kier molecular flexibility index (Phi) is 8.20. The van der Waals surface area contributed by atoms with Crippen LogP contribution < -0.4 is 28.5 Å². The zero-order chi connectivity index (χ0) is 12.0. The smallest absolute Gasteiger partial charge is 0.305 e. The molecule has 0 saturated heterocycles. The molecule has 98 valence electrons. The maximum Gasteiger partial charge on any atom is 0.305 e. The van der Waals surface area contributed by atoms with Crippen LogP contribution >= 0.6 is 0 Å². The van der Waals surface area contributed by atoms with E-state index in [0.717, 1.165) is 13.0 Å². The van der Waals surface area contributed by atoms with Crippen LogP contribution in [-0.2, 0) is 29.5 Å². The summed E-state index contributed by atoms with van der Waals surface area (Å²) in [6.45, 7) is 3.23. The first-order chi connectivity index (χ1) is 7.67. The Labute approximate surface area is 120 Å². The van der Waals surface area contributed by atoms with E-state index >= 15 is 0 Å². The Hall–Kier alpha value is -0.590. The van der Waals surface area contributed by atoms with Gasteiger partial charge in [0.15, 0.2) is 0 Å². The van der Waals surface area contributed by atoms with Gasteiger partial charge in [-0.3, -0.25) is 4.79 Å². The summed E-state index contributed by atoms with van der Waals surface area (Å²) in [6.07, 6.45) is 7.75. The Morgan fingerprint density at radius 1 is 1.53 bits per heavy atom. The molecule has 1 aromatic heterocycles. The fourth-order valence-corrected chi connectivity index (χ4v) is 1.65. The van der Waals surface area contributed by atoms with Crippen molar-refractivity contribution >= 4 is 5.97 Å². The third-order valence-corrected chi connectivity index (χ3v) is 2.67. The highest BCUT2D eigenvalue weighted by molar-refractivity contribution is 5.69. The van der Waals surface area contributed by atoms with Gasteiger partial charge < -0.3 is 28.7 Å². The van der Waals surface area contributed by atoms with Crippen molar-refractivity contribution in [2.24, 2.45) is 7.05 Å². The summed E-state index contributed by atoms with van der Waals surface area (Å²) in [5, 5.41) is 0. The third-order valence-electron chi connectivity index (χ3n) is 2.67. The van der Waals surface area contributed by atoms with E-state index in [4.69, 9.17) is 0 Å². The van der Waals surface area contributed by atoms with E-state index in [2.05, 4.69) is 33.3 Å². The van der Waals surface area contributed by atoms with Crippen LogP contribution in [0.4, 0.5) is 0 Å². The van der Waals surface area contributed by atoms with Crippen molar-refractivity contribution in [3.63, 3.8) is 0 Å². The standard InChI is InChI=1S/C12H21N2O2.HI/c1-4-5-8-14-9-11(13(2)10-14)6-7-12(15)16-3;/h9-10H,4-8H2,1-3H3;1H/q+1;/p-1. The topological polar surface area (TPSA) is 35.1 Å². The highest BCUT2D eigenvalue weighted by Crippen LogP contribution is 2.01. The van der Waals surface area contributed by atoms with E-state index in [1.807, 2.05) is 7.05 Å². The number of methoxy groups -OCH3 is 1. The van der Waals surface area contributed by atoms with Crippen LogP contribution in [0.5, 0.6) is 0 Å². The maximum absolute atomic E-state index is 11.0. The van der Waals surface area contributed by atoms with Crippen LogP contribution in [0, 0.1) is 0 Å². The molecule has 0 spiro atoms. The summed E-state index contributed by atoms with van der Waals surface area (Å²) in [4.78, 5) is 11.0. The fourth-order valence-electron chi connectivity index (χ4n) is 1.65. The summed E-state index contributed by atoms with van der Waals surface area (Å²) in [5.74, 6) is -0.152. The molecule has 1 heterocycles. The number of carbonyl (C=O) groups excluding carboxylic acids is 1. The van der Waals surface area contributed by atoms with Crippen LogP contribution in [0.1, 0.15) is 31.9 Å². The van der Waals surface area contributed by atoms with E-state index in [0.29, 0.717) is 6.42 Å². The first-order valence-electron chi connectivity index (χ1n) is 5.78. The van der Waals surface area contributed by atoms with Crippen molar-refractivity contribution in [3.05, 3.63) is 18.2 Å². The Balaban J connectivity index is 0.00000256. The highest BCUT2D eigenvalue weighted by atomic mass is 127. The number of nitrogens with zero attached hydrogens (tertiary/aromatic N) is 2. The van der Waals surface area contributed by atoms with Gasteiger partial charge in [0.05, 0.1) is 27.1 Å². The van der Waals surface area contributed by atoms with Gasteiger partial charge in [-0.2, -0.15) is 0 Å². The van der Waals surface area contributed by atoms with Crippen LogP contribution in [0.25, 0.3) is 0 Å². The number of aryl methyl sites for hydroxylation is 3. The summed E-state index contributed by atoms with van der Waals surface area (Å²) in [7, 11) is 3.43. The molecule has 0 amide bonds. The summed E-state index contributed by atoms with van der Waals surface area (Å²) in [6, 6.07) is 0. The highest BCUT2D eigenvalue weighted by Gasteiger charge is 2.11. The average Bonchev–Trinajstić information content (AvgIpc) is 2.64. The van der Waals surface area contributed by atoms with Gasteiger partial charge >= 0.3 is 5.97 Å². The summed E-state index contributed by atoms with van der Waals surface area (Å²) >= 11 is 0. The molecule has 0 aliphatic rings. The quantitative estimate of drug-likeness (QED) is 0.345. The van der Waals surface area contributed by atoms with Crippen molar-refractivity contribution in [3.8, 4) is 0 Å². The monoisotopic (exact) mass is 352 g/mol. The Bertz CT molecular complexity index is 350. The molecule has 17 heavy (non-hydrogen) atoms. The van der Waals surface area contributed by atoms with E-state index in [-0.39, 0.29) is 29.9 Å². The largest absolute Gasteiger partial charge is 1.00 e. The minimum absolute atomic E-state index is 0. The fraction of sp³-hybridized carbons (Fsp3) is 0.667. The van der Waals surface area contributed by atoms with Crippen molar-refractivity contribution in [2.45, 2.75) is 39.2 Å². The average molecular weight is 352 g/mol. The molecule has 0 bridgehead atoms. The van der Waals surface area contributed by atoms with E-state index in [9.17, 15) is 4.79 Å². The van der Waals surface area contributed by atoms with Gasteiger partial charge in [-0.05, 0) is 6.42 Å². The molecule has 0 atom stereocenters. The number of hydrogen-bond acceptors (Lipinski definition) is 2. The molecule has 1 rings (SSSR count). The second-order valence-electron chi connectivity index (χ2n) is 4.01. The minimum atomic E-state index is -0.152. The van der Waals surface area contributed by atoms with Crippen LogP contribution in [-0.4, -0.2) is 17.6 Å². The van der Waals surface area contributed by atoms with Crippen LogP contribution in [0.2, 0.25) is 0 Å². The van der Waals surface area contributed by atoms with E-state index < -0.39 is 0 Å². The molecule has 0 radical (unpaired) electrons. The van der Waals surface area contributed by atoms with Crippen LogP contribution in [0.15, 0.2) is 12.5 Å². The van der Waals surface area contributed by atoms with Gasteiger partial charge in [0.1, 0.15) is 11.9 Å². The molecule has 0 aliphatic carbocycles. The second-order valence-corrected chi connectivity index (χ2v) is 4.01. The van der Waals surface area contributed by atoms with Crippen LogP contribution in [0.3, 0.4) is 0 Å². The van der Waals surface area contributed by atoms with Crippen molar-refractivity contribution in [2.75, 3.05) is 7.11 Å². The van der Waals surface area contributed by atoms with Gasteiger partial charge in [-0.25, -0.2) is 9.13 Å². The minimum Gasteiger partial charge on any atom is -1.00 e. The molecular formula is C12H21IN2O2. The molecule has 0 unspecified atom stereocenters. The normalized spacial score (nSPS) is 9.82. The molecule has 4 nitrogen and oxygen atoms in total. The van der Waals surface area contributed by atoms with Gasteiger partial charge in [0.2, 0.25) is 6.33 Å². The SMILES string of the molecule is CCCC[n+]1cc(CCC(=O)OC)n(C)c1.[I-]. The maximum atomic E-state index is 11.0. The van der Waals surface area contributed by atoms with Gasteiger partial charge in [-0.1, -0.05) is 13.3 Å². The van der Waals surface area contributed by atoms with Crippen molar-refractivity contribution < 1.29 is 38.1 Å². The lowest BCUT2D eigenvalue weighted by molar-refractivity contribution is -0.696. The Morgan fingerprint density at radius 3 is 2.82 bits per heavy atom. The number of carbonyl (C=O) groups is 1. The molecular weight excluding hydrogens is 331 g/mol. The summed E-state index contributed by atoms with van der Waals surface area (Å²) < 4.78 is 8.87. The number of esters is 1. The van der Waals surface area contributed by atoms with E-state index in [1.165, 1.54) is 25.6 Å². The number of rotatable bonds is 6. The van der Waals surface area contributed by atoms with Crippen molar-refractivity contribution in [1.29, 1.82) is 0 Å². The number of halogens is 1. The molecule has 0 aliphatic heterocycles. The molecule has 0 aromatic carbocycles. The zero-order valence-electron chi connectivity index (χ0n) is 10.8. The Morgan fingerprint density at radius 2 is 2.24 bits per heavy atom. The van der Waals surface area contributed by atoms with Gasteiger partial charge in [-0.15, -0.1) is 0 Å². The zero-order valence-corrected chi connectivity index (χ0v) is 12.9. The van der Waals surface area contributed by atoms with E-state index in [1.54, 1.807) is 0 Å². The number of imidazole rings is 1. The molecule has 1 aromatic rings. The second kappa shape index (κ2) is 8.49. The lowest BCUT2D eigenvalue weighted by Gasteiger charge is -1.96. The lowest BCUT2D eigenvalue weighted by atomic mass is 10.2. The number of ether oxygens (including phenoxy) is 1. The third kappa shape index (κ3) is 5.52. The molecule has 0 saturated carbocycles. The molecule has 0 N–H and O–H groups in total. The lowest BCUT2D eigenvalue weighted by Crippen LogP contribution is -3.00. The molecule has 0 fully saturated rings. The number of hydrogen-bond donors (Lipinski definition) is 0. The number of aromatic nitrogens is 2. The molecule has 5 heteroatoms.